The van der Waals surface area contributed by atoms with E-state index in [0.29, 0.717) is 0 Å². The number of rotatable bonds is 2. The van der Waals surface area contributed by atoms with Crippen LogP contribution in [0.4, 0.5) is 13.2 Å². The summed E-state index contributed by atoms with van der Waals surface area (Å²) in [5, 5.41) is -0.917. The van der Waals surface area contributed by atoms with E-state index < -0.39 is 21.5 Å². The van der Waals surface area contributed by atoms with E-state index in [9.17, 15) is 13.2 Å². The van der Waals surface area contributed by atoms with Crippen LogP contribution in [-0.2, 0) is 8.85 Å². The van der Waals surface area contributed by atoms with Gasteiger partial charge in [-0.1, -0.05) is 15.9 Å². The number of halogens is 4. The lowest BCUT2D eigenvalue weighted by Crippen LogP contribution is -2.07. The Bertz CT molecular complexity index is 78.2. The van der Waals surface area contributed by atoms with Crippen LogP contribution in [0.5, 0.6) is 0 Å². The topological polar surface area (TPSA) is 18.5 Å². The summed E-state index contributed by atoms with van der Waals surface area (Å²) in [7, 11) is 2.73. The molecule has 70 valence electrons. The van der Waals surface area contributed by atoms with Gasteiger partial charge in [-0.2, -0.15) is 13.2 Å². The second-order valence-corrected chi connectivity index (χ2v) is 3.40. The van der Waals surface area contributed by atoms with Gasteiger partial charge < -0.3 is 8.85 Å². The molecule has 7 heteroatoms. The highest BCUT2D eigenvalue weighted by atomic mass is 79.9. The van der Waals surface area contributed by atoms with E-state index in [1.807, 2.05) is 0 Å². The molecule has 0 aromatic heterocycles. The van der Waals surface area contributed by atoms with Crippen molar-refractivity contribution in [2.75, 3.05) is 19.5 Å². The van der Waals surface area contributed by atoms with Crippen LogP contribution in [0.1, 0.15) is 0 Å². The Labute approximate surface area is 74.3 Å². The summed E-state index contributed by atoms with van der Waals surface area (Å²) < 4.78 is 41.4. The van der Waals surface area contributed by atoms with Gasteiger partial charge in [-0.25, -0.2) is 0 Å². The van der Waals surface area contributed by atoms with Crippen molar-refractivity contribution in [2.45, 2.75) is 6.18 Å². The molecule has 0 spiro atoms. The second-order valence-electron chi connectivity index (χ2n) is 1.44. The molecule has 0 rings (SSSR count). The summed E-state index contributed by atoms with van der Waals surface area (Å²) >= 11 is 2.24. The molecule has 0 aliphatic heterocycles. The average Bonchev–Trinajstić information content (AvgIpc) is 1.90. The van der Waals surface area contributed by atoms with Gasteiger partial charge in [0.15, 0.2) is 0 Å². The maximum Gasteiger partial charge on any atom is 0.398 e. The Balaban J connectivity index is 0. The Kier molecular flexibility index (Phi) is 10.8. The predicted molar refractivity (Wildman–Crippen MR) is 42.4 cm³/mol. The highest BCUT2D eigenvalue weighted by Gasteiger charge is 2.24. The maximum absolute atomic E-state index is 10.7. The third kappa shape index (κ3) is 25.2. The summed E-state index contributed by atoms with van der Waals surface area (Å²) in [4.78, 5) is 0. The first-order valence-corrected chi connectivity index (χ1v) is 4.86. The summed E-state index contributed by atoms with van der Waals surface area (Å²) in [5.41, 5.74) is 0. The molecular formula is C4H10BrF3O2Si. The van der Waals surface area contributed by atoms with Crippen molar-refractivity contribution in [3.05, 3.63) is 0 Å². The van der Waals surface area contributed by atoms with Crippen molar-refractivity contribution in [2.24, 2.45) is 0 Å². The molecule has 0 bridgehead atoms. The van der Waals surface area contributed by atoms with Crippen molar-refractivity contribution in [3.8, 4) is 0 Å². The van der Waals surface area contributed by atoms with Crippen molar-refractivity contribution in [1.29, 1.82) is 0 Å². The molecule has 0 aliphatic carbocycles. The van der Waals surface area contributed by atoms with Crippen LogP contribution in [0.3, 0.4) is 0 Å². The van der Waals surface area contributed by atoms with Crippen molar-refractivity contribution in [1.82, 2.24) is 0 Å². The summed E-state index contributed by atoms with van der Waals surface area (Å²) in [6.07, 6.45) is -4.04. The average molecular weight is 255 g/mol. The van der Waals surface area contributed by atoms with Gasteiger partial charge in [-0.3, -0.25) is 0 Å². The van der Waals surface area contributed by atoms with Crippen molar-refractivity contribution < 1.29 is 22.0 Å². The molecule has 2 nitrogen and oxygen atoms in total. The van der Waals surface area contributed by atoms with Crippen LogP contribution in [-0.4, -0.2) is 35.7 Å². The molecule has 0 heterocycles. The minimum atomic E-state index is -4.04. The van der Waals surface area contributed by atoms with Gasteiger partial charge in [-0.05, 0) is 0 Å². The summed E-state index contributed by atoms with van der Waals surface area (Å²) in [6, 6.07) is 0. The first-order chi connectivity index (χ1) is 4.97. The predicted octanol–water partition coefficient (Wildman–Crippen LogP) is 1.22. The van der Waals surface area contributed by atoms with Gasteiger partial charge in [-0.15, -0.1) is 0 Å². The minimum absolute atomic E-state index is 0.568. The SMILES string of the molecule is CO[SiH2]OC.FC(F)(F)CBr. The van der Waals surface area contributed by atoms with E-state index >= 15 is 0 Å². The van der Waals surface area contributed by atoms with Gasteiger partial charge >= 0.3 is 16.2 Å². The van der Waals surface area contributed by atoms with E-state index in [-0.39, 0.29) is 0 Å². The number of hydrogen-bond donors (Lipinski definition) is 0. The van der Waals surface area contributed by atoms with Crippen molar-refractivity contribution >= 4 is 25.9 Å². The van der Waals surface area contributed by atoms with Crippen LogP contribution in [0, 0.1) is 0 Å². The highest BCUT2D eigenvalue weighted by molar-refractivity contribution is 9.09. The standard InChI is InChI=1S/C2H2BrF3.C2H8O2Si/c3-1-2(4,5)6;1-3-5-4-2/h1H2;5H2,1-2H3. The molecule has 0 aromatic carbocycles. The first kappa shape index (κ1) is 14.0. The zero-order valence-corrected chi connectivity index (χ0v) is 9.24. The molecule has 0 saturated heterocycles. The Hall–Kier alpha value is 0.407. The molecule has 0 atom stereocenters. The first-order valence-electron chi connectivity index (χ1n) is 2.58. The van der Waals surface area contributed by atoms with Crippen LogP contribution in [0.25, 0.3) is 0 Å². The number of hydrogen-bond acceptors (Lipinski definition) is 2. The molecule has 0 amide bonds. The van der Waals surface area contributed by atoms with E-state index in [4.69, 9.17) is 0 Å². The number of alkyl halides is 4. The molecule has 0 fully saturated rings. The van der Waals surface area contributed by atoms with Crippen molar-refractivity contribution in [3.63, 3.8) is 0 Å². The van der Waals surface area contributed by atoms with Gasteiger partial charge in [0.2, 0.25) is 0 Å². The smallest absolute Gasteiger partial charge is 0.398 e. The largest absolute Gasteiger partial charge is 0.402 e. The zero-order chi connectivity index (χ0) is 9.33. The van der Waals surface area contributed by atoms with E-state index in [1.54, 1.807) is 14.2 Å². The molecule has 0 aliphatic rings. The Morgan fingerprint density at radius 2 is 1.55 bits per heavy atom. The fourth-order valence-electron chi connectivity index (χ4n) is 0.118. The highest BCUT2D eigenvalue weighted by Crippen LogP contribution is 2.16. The molecule has 0 radical (unpaired) electrons. The lowest BCUT2D eigenvalue weighted by Gasteiger charge is -1.95. The molecule has 0 N–H and O–H groups in total. The third-order valence-electron chi connectivity index (χ3n) is 0.387. The normalized spacial score (nSPS) is 10.4. The van der Waals surface area contributed by atoms with Crippen LogP contribution >= 0.6 is 15.9 Å². The molecule has 0 unspecified atom stereocenters. The monoisotopic (exact) mass is 254 g/mol. The van der Waals surface area contributed by atoms with Gasteiger partial charge in [0.1, 0.15) is 0 Å². The lowest BCUT2D eigenvalue weighted by atomic mass is 10.8. The Morgan fingerprint density at radius 3 is 1.55 bits per heavy atom. The molecular weight excluding hydrogens is 245 g/mol. The van der Waals surface area contributed by atoms with E-state index in [1.165, 1.54) is 0 Å². The summed E-state index contributed by atoms with van der Waals surface area (Å²) in [5.74, 6) is 0. The second kappa shape index (κ2) is 8.50. The quantitative estimate of drug-likeness (QED) is 0.545. The zero-order valence-electron chi connectivity index (χ0n) is 6.24. The van der Waals surface area contributed by atoms with Gasteiger partial charge in [0, 0.05) is 14.2 Å². The maximum atomic E-state index is 10.7. The summed E-state index contributed by atoms with van der Waals surface area (Å²) in [6.45, 7) is 0. The van der Waals surface area contributed by atoms with Crippen LogP contribution in [0.2, 0.25) is 0 Å². The fraction of sp³-hybridized carbons (Fsp3) is 1.00. The molecule has 0 saturated carbocycles. The molecule has 0 aromatic rings. The van der Waals surface area contributed by atoms with Crippen LogP contribution < -0.4 is 0 Å². The fourth-order valence-corrected chi connectivity index (χ4v) is 0.354. The van der Waals surface area contributed by atoms with Gasteiger partial charge in [0.05, 0.1) is 5.33 Å². The Morgan fingerprint density at radius 1 is 1.27 bits per heavy atom. The van der Waals surface area contributed by atoms with E-state index in [2.05, 4.69) is 24.8 Å². The van der Waals surface area contributed by atoms with E-state index in [0.717, 1.165) is 0 Å². The third-order valence-corrected chi connectivity index (χ3v) is 1.49. The van der Waals surface area contributed by atoms with Crippen LogP contribution in [0.15, 0.2) is 0 Å². The minimum Gasteiger partial charge on any atom is -0.402 e. The molecule has 11 heavy (non-hydrogen) atoms. The van der Waals surface area contributed by atoms with Gasteiger partial charge in [0.25, 0.3) is 0 Å². The lowest BCUT2D eigenvalue weighted by molar-refractivity contribution is -0.104.